The summed E-state index contributed by atoms with van der Waals surface area (Å²) in [4.78, 5) is 16.6. The summed E-state index contributed by atoms with van der Waals surface area (Å²) in [6.07, 6.45) is 1.03. The summed E-state index contributed by atoms with van der Waals surface area (Å²) in [6.45, 7) is 1.71. The van der Waals surface area contributed by atoms with Crippen LogP contribution in [0.4, 0.5) is 13.2 Å². The zero-order valence-electron chi connectivity index (χ0n) is 11.5. The highest BCUT2D eigenvalue weighted by Gasteiger charge is 2.23. The predicted molar refractivity (Wildman–Crippen MR) is 71.1 cm³/mol. The fourth-order valence-electron chi connectivity index (χ4n) is 1.91. The van der Waals surface area contributed by atoms with Crippen LogP contribution in [0.2, 0.25) is 0 Å². The Morgan fingerprint density at radius 3 is 2.38 bits per heavy atom. The molecule has 0 saturated heterocycles. The summed E-state index contributed by atoms with van der Waals surface area (Å²) in [5, 5.41) is 0. The average Bonchev–Trinajstić information content (AvgIpc) is 2.48. The fraction of sp³-hybridized carbons (Fsp3) is 0.200. The van der Waals surface area contributed by atoms with Gasteiger partial charge in [-0.3, -0.25) is 4.79 Å². The van der Waals surface area contributed by atoms with Gasteiger partial charge in [-0.15, -0.1) is 0 Å². The quantitative estimate of drug-likeness (QED) is 0.814. The minimum atomic E-state index is -1.32. The summed E-state index contributed by atoms with van der Waals surface area (Å²) in [6, 6.07) is 6.32. The van der Waals surface area contributed by atoms with Crippen LogP contribution in [0.5, 0.6) is 0 Å². The van der Waals surface area contributed by atoms with Crippen molar-refractivity contribution in [3.63, 3.8) is 0 Å². The number of halogens is 3. The molecule has 0 aliphatic rings. The average molecular weight is 294 g/mol. The maximum atomic E-state index is 13.6. The van der Waals surface area contributed by atoms with Crippen molar-refractivity contribution in [1.82, 2.24) is 9.88 Å². The first-order valence-electron chi connectivity index (χ1n) is 6.24. The Labute approximate surface area is 120 Å². The Morgan fingerprint density at radius 1 is 1.14 bits per heavy atom. The molecular formula is C15H13F3N2O. The smallest absolute Gasteiger partial charge is 0.257 e. The third kappa shape index (κ3) is 3.04. The standard InChI is InChI=1S/C15H13F3N2O/c1-9(10-3-5-11(16)6-4-10)20(2)15(21)12-7-8-19-14(18)13(12)17/h3-9H,1-2H3. The third-order valence-electron chi connectivity index (χ3n) is 3.33. The lowest BCUT2D eigenvalue weighted by molar-refractivity contribution is 0.0736. The van der Waals surface area contributed by atoms with Gasteiger partial charge in [-0.05, 0) is 30.7 Å². The van der Waals surface area contributed by atoms with Crippen LogP contribution < -0.4 is 0 Å². The van der Waals surface area contributed by atoms with Crippen molar-refractivity contribution in [1.29, 1.82) is 0 Å². The van der Waals surface area contributed by atoms with E-state index in [9.17, 15) is 18.0 Å². The second kappa shape index (κ2) is 5.95. The number of benzene rings is 1. The van der Waals surface area contributed by atoms with E-state index in [0.717, 1.165) is 12.3 Å². The first-order chi connectivity index (χ1) is 9.91. The van der Waals surface area contributed by atoms with Gasteiger partial charge in [0, 0.05) is 13.2 Å². The van der Waals surface area contributed by atoms with Gasteiger partial charge in [0.1, 0.15) is 5.82 Å². The summed E-state index contributed by atoms with van der Waals surface area (Å²) >= 11 is 0. The van der Waals surface area contributed by atoms with Gasteiger partial charge in [0.25, 0.3) is 5.91 Å². The van der Waals surface area contributed by atoms with Crippen LogP contribution in [-0.2, 0) is 0 Å². The van der Waals surface area contributed by atoms with Crippen LogP contribution in [0.3, 0.4) is 0 Å². The number of nitrogens with zero attached hydrogens (tertiary/aromatic N) is 2. The maximum absolute atomic E-state index is 13.6. The van der Waals surface area contributed by atoms with Gasteiger partial charge in [-0.2, -0.15) is 4.39 Å². The van der Waals surface area contributed by atoms with Crippen molar-refractivity contribution >= 4 is 5.91 Å². The molecule has 1 amide bonds. The number of amides is 1. The van der Waals surface area contributed by atoms with Gasteiger partial charge in [-0.1, -0.05) is 12.1 Å². The van der Waals surface area contributed by atoms with Gasteiger partial charge < -0.3 is 4.90 Å². The van der Waals surface area contributed by atoms with Crippen LogP contribution in [-0.4, -0.2) is 22.8 Å². The van der Waals surface area contributed by atoms with E-state index >= 15 is 0 Å². The Bertz CT molecular complexity index is 658. The van der Waals surface area contributed by atoms with Crippen molar-refractivity contribution in [2.45, 2.75) is 13.0 Å². The lowest BCUT2D eigenvalue weighted by Gasteiger charge is -2.25. The fourth-order valence-corrected chi connectivity index (χ4v) is 1.91. The molecule has 0 fully saturated rings. The van der Waals surface area contributed by atoms with E-state index in [1.54, 1.807) is 6.92 Å². The molecule has 0 N–H and O–H groups in total. The van der Waals surface area contributed by atoms with E-state index in [0.29, 0.717) is 5.56 Å². The van der Waals surface area contributed by atoms with Crippen molar-refractivity contribution in [3.8, 4) is 0 Å². The maximum Gasteiger partial charge on any atom is 0.257 e. The highest BCUT2D eigenvalue weighted by atomic mass is 19.2. The van der Waals surface area contributed by atoms with E-state index in [1.165, 1.54) is 36.2 Å². The van der Waals surface area contributed by atoms with E-state index in [-0.39, 0.29) is 11.4 Å². The van der Waals surface area contributed by atoms with Crippen LogP contribution in [0.15, 0.2) is 36.5 Å². The molecule has 0 aliphatic heterocycles. The van der Waals surface area contributed by atoms with Crippen LogP contribution in [0.1, 0.15) is 28.9 Å². The Kier molecular flexibility index (Phi) is 4.26. The van der Waals surface area contributed by atoms with Crippen molar-refractivity contribution in [2.24, 2.45) is 0 Å². The molecule has 2 rings (SSSR count). The highest BCUT2D eigenvalue weighted by Crippen LogP contribution is 2.22. The van der Waals surface area contributed by atoms with E-state index in [1.807, 2.05) is 0 Å². The van der Waals surface area contributed by atoms with Gasteiger partial charge in [0.05, 0.1) is 11.6 Å². The molecule has 1 unspecified atom stereocenters. The minimum Gasteiger partial charge on any atom is -0.335 e. The van der Waals surface area contributed by atoms with E-state index in [2.05, 4.69) is 4.98 Å². The number of hydrogen-bond acceptors (Lipinski definition) is 2. The van der Waals surface area contributed by atoms with Crippen molar-refractivity contribution in [3.05, 3.63) is 65.2 Å². The second-order valence-electron chi connectivity index (χ2n) is 4.61. The number of rotatable bonds is 3. The molecule has 0 spiro atoms. The number of pyridine rings is 1. The SMILES string of the molecule is CC(c1ccc(F)cc1)N(C)C(=O)c1ccnc(F)c1F. The predicted octanol–water partition coefficient (Wildman–Crippen LogP) is 3.33. The lowest BCUT2D eigenvalue weighted by atomic mass is 10.1. The van der Waals surface area contributed by atoms with Gasteiger partial charge in [0.2, 0.25) is 5.95 Å². The minimum absolute atomic E-state index is 0.387. The van der Waals surface area contributed by atoms with E-state index in [4.69, 9.17) is 0 Å². The molecule has 0 aliphatic carbocycles. The van der Waals surface area contributed by atoms with Gasteiger partial charge in [-0.25, -0.2) is 13.8 Å². The molecule has 2 aromatic rings. The molecule has 0 bridgehead atoms. The Balaban J connectivity index is 2.26. The topological polar surface area (TPSA) is 33.2 Å². The molecule has 1 heterocycles. The summed E-state index contributed by atoms with van der Waals surface area (Å²) in [5.74, 6) is -3.66. The molecule has 1 aromatic carbocycles. The van der Waals surface area contributed by atoms with Crippen LogP contribution >= 0.6 is 0 Å². The molecule has 6 heteroatoms. The zero-order chi connectivity index (χ0) is 15.6. The number of aromatic nitrogens is 1. The molecule has 110 valence electrons. The number of carbonyl (C=O) groups excluding carboxylic acids is 1. The molecule has 0 radical (unpaired) electrons. The van der Waals surface area contributed by atoms with Gasteiger partial charge >= 0.3 is 0 Å². The molecule has 1 aromatic heterocycles. The molecule has 1 atom stereocenters. The summed E-state index contributed by atoms with van der Waals surface area (Å²) in [7, 11) is 1.47. The van der Waals surface area contributed by atoms with E-state index < -0.39 is 23.7 Å². The number of hydrogen-bond donors (Lipinski definition) is 0. The first kappa shape index (κ1) is 15.0. The van der Waals surface area contributed by atoms with Crippen molar-refractivity contribution < 1.29 is 18.0 Å². The summed E-state index contributed by atoms with van der Waals surface area (Å²) in [5.41, 5.74) is 0.293. The highest BCUT2D eigenvalue weighted by molar-refractivity contribution is 5.94. The van der Waals surface area contributed by atoms with Gasteiger partial charge in [0.15, 0.2) is 5.82 Å². The second-order valence-corrected chi connectivity index (χ2v) is 4.61. The molecule has 3 nitrogen and oxygen atoms in total. The molecular weight excluding hydrogens is 281 g/mol. The van der Waals surface area contributed by atoms with Crippen molar-refractivity contribution in [2.75, 3.05) is 7.05 Å². The first-order valence-corrected chi connectivity index (χ1v) is 6.24. The Hall–Kier alpha value is -2.37. The largest absolute Gasteiger partial charge is 0.335 e. The third-order valence-corrected chi connectivity index (χ3v) is 3.33. The normalized spacial score (nSPS) is 12.0. The molecule has 21 heavy (non-hydrogen) atoms. The Morgan fingerprint density at radius 2 is 1.76 bits per heavy atom. The zero-order valence-corrected chi connectivity index (χ0v) is 11.5. The molecule has 0 saturated carbocycles. The van der Waals surface area contributed by atoms with Crippen LogP contribution in [0.25, 0.3) is 0 Å². The summed E-state index contributed by atoms with van der Waals surface area (Å²) < 4.78 is 39.6. The van der Waals surface area contributed by atoms with Crippen LogP contribution in [0, 0.1) is 17.6 Å². The monoisotopic (exact) mass is 294 g/mol. The lowest BCUT2D eigenvalue weighted by Crippen LogP contribution is -2.30. The number of carbonyl (C=O) groups is 1.